The minimum atomic E-state index is 0.508. The van der Waals surface area contributed by atoms with Crippen molar-refractivity contribution < 1.29 is 0 Å². The highest BCUT2D eigenvalue weighted by atomic mass is 79.9. The van der Waals surface area contributed by atoms with Crippen LogP contribution in [0.4, 0.5) is 5.69 Å². The first-order valence-electron chi connectivity index (χ1n) is 3.56. The Kier molecular flexibility index (Phi) is 2.99. The van der Waals surface area contributed by atoms with Crippen LogP contribution < -0.4 is 0 Å². The van der Waals surface area contributed by atoms with Crippen LogP contribution in [0.25, 0.3) is 6.08 Å². The zero-order valence-corrected chi connectivity index (χ0v) is 8.50. The predicted octanol–water partition coefficient (Wildman–Crippen LogP) is 3.30. The molecule has 1 aromatic rings. The molecular weight excluding hydrogens is 228 g/mol. The second-order valence-corrected chi connectivity index (χ2v) is 3.19. The Hall–Kier alpha value is -1.40. The number of nitriles is 1. The first-order chi connectivity index (χ1) is 6.24. The van der Waals surface area contributed by atoms with Crippen molar-refractivity contribution in [2.45, 2.75) is 0 Å². The number of aliphatic imine (C=N–C) groups is 1. The zero-order valence-electron chi connectivity index (χ0n) is 6.92. The number of benzene rings is 1. The van der Waals surface area contributed by atoms with Crippen LogP contribution in [0.3, 0.4) is 0 Å². The summed E-state index contributed by atoms with van der Waals surface area (Å²) in [5.74, 6) is 0. The molecule has 0 aliphatic rings. The van der Waals surface area contributed by atoms with Crippen LogP contribution in [0.15, 0.2) is 28.2 Å². The molecule has 0 saturated carbocycles. The van der Waals surface area contributed by atoms with Gasteiger partial charge in [-0.05, 0) is 18.9 Å². The summed E-state index contributed by atoms with van der Waals surface area (Å²) in [6.07, 6.45) is 1.65. The lowest BCUT2D eigenvalue weighted by Crippen LogP contribution is -1.82. The van der Waals surface area contributed by atoms with Crippen molar-refractivity contribution in [3.63, 3.8) is 0 Å². The molecule has 0 radical (unpaired) electrons. The Morgan fingerprint density at radius 3 is 2.69 bits per heavy atom. The van der Waals surface area contributed by atoms with E-state index in [0.717, 1.165) is 10.0 Å². The number of hydrogen-bond acceptors (Lipinski definition) is 2. The van der Waals surface area contributed by atoms with Crippen LogP contribution in [0.2, 0.25) is 0 Å². The lowest BCUT2D eigenvalue weighted by atomic mass is 10.1. The fraction of sp³-hybridized carbons (Fsp3) is 0. The van der Waals surface area contributed by atoms with E-state index in [0.29, 0.717) is 11.3 Å². The van der Waals surface area contributed by atoms with Gasteiger partial charge >= 0.3 is 0 Å². The van der Waals surface area contributed by atoms with Crippen molar-refractivity contribution >= 4 is 34.4 Å². The fourth-order valence-corrected chi connectivity index (χ4v) is 1.52. The molecule has 1 rings (SSSR count). The lowest BCUT2D eigenvalue weighted by Gasteiger charge is -2.04. The summed E-state index contributed by atoms with van der Waals surface area (Å²) in [5, 5.41) is 8.77. The maximum atomic E-state index is 8.77. The standard InChI is InChI=1S/C10H7BrN2/c1-3-8-9(11)5-4-7(6-12)10(8)13-2/h3-5H,1-2H2. The molecule has 0 spiro atoms. The predicted molar refractivity (Wildman–Crippen MR) is 58.2 cm³/mol. The number of rotatable bonds is 2. The molecule has 0 heterocycles. The van der Waals surface area contributed by atoms with Crippen molar-refractivity contribution in [2.75, 3.05) is 0 Å². The molecule has 0 bridgehead atoms. The van der Waals surface area contributed by atoms with E-state index in [4.69, 9.17) is 5.26 Å². The first-order valence-corrected chi connectivity index (χ1v) is 4.35. The molecule has 0 aliphatic heterocycles. The summed E-state index contributed by atoms with van der Waals surface area (Å²) in [7, 11) is 0. The van der Waals surface area contributed by atoms with E-state index in [1.165, 1.54) is 0 Å². The van der Waals surface area contributed by atoms with Gasteiger partial charge in [0.05, 0.1) is 11.3 Å². The molecule has 0 atom stereocenters. The normalized spacial score (nSPS) is 8.92. The van der Waals surface area contributed by atoms with Crippen LogP contribution >= 0.6 is 15.9 Å². The largest absolute Gasteiger partial charge is 0.263 e. The van der Waals surface area contributed by atoms with Gasteiger partial charge in [-0.25, -0.2) is 0 Å². The summed E-state index contributed by atoms with van der Waals surface area (Å²) in [4.78, 5) is 3.80. The van der Waals surface area contributed by atoms with Crippen molar-refractivity contribution in [1.82, 2.24) is 0 Å². The SMILES string of the molecule is C=Cc1c(Br)ccc(C#N)c1N=C. The lowest BCUT2D eigenvalue weighted by molar-refractivity contribution is 1.42. The van der Waals surface area contributed by atoms with Crippen LogP contribution in [0.5, 0.6) is 0 Å². The van der Waals surface area contributed by atoms with Crippen LogP contribution in [-0.2, 0) is 0 Å². The molecule has 0 aromatic heterocycles. The van der Waals surface area contributed by atoms with Gasteiger partial charge < -0.3 is 0 Å². The summed E-state index contributed by atoms with van der Waals surface area (Å²) in [6, 6.07) is 5.54. The van der Waals surface area contributed by atoms with E-state index in [2.05, 4.69) is 34.2 Å². The molecule has 13 heavy (non-hydrogen) atoms. The highest BCUT2D eigenvalue weighted by molar-refractivity contribution is 9.10. The third-order valence-corrected chi connectivity index (χ3v) is 2.34. The molecule has 0 N–H and O–H groups in total. The molecule has 1 aromatic carbocycles. The van der Waals surface area contributed by atoms with Crippen molar-refractivity contribution in [2.24, 2.45) is 4.99 Å². The minimum Gasteiger partial charge on any atom is -0.263 e. The van der Waals surface area contributed by atoms with E-state index in [9.17, 15) is 0 Å². The molecule has 64 valence electrons. The highest BCUT2D eigenvalue weighted by Gasteiger charge is 2.07. The summed E-state index contributed by atoms with van der Waals surface area (Å²) in [5.41, 5.74) is 1.88. The van der Waals surface area contributed by atoms with E-state index in [1.54, 1.807) is 18.2 Å². The van der Waals surface area contributed by atoms with E-state index < -0.39 is 0 Å². The zero-order chi connectivity index (χ0) is 9.84. The first kappa shape index (κ1) is 9.69. The second-order valence-electron chi connectivity index (χ2n) is 2.33. The summed E-state index contributed by atoms with van der Waals surface area (Å²) < 4.78 is 0.865. The third-order valence-electron chi connectivity index (χ3n) is 1.65. The van der Waals surface area contributed by atoms with Crippen LogP contribution in [0, 0.1) is 11.3 Å². The smallest absolute Gasteiger partial charge is 0.101 e. The van der Waals surface area contributed by atoms with Crippen molar-refractivity contribution in [3.05, 3.63) is 34.3 Å². The third kappa shape index (κ3) is 1.68. The average Bonchev–Trinajstić information content (AvgIpc) is 2.17. The van der Waals surface area contributed by atoms with E-state index in [-0.39, 0.29) is 0 Å². The van der Waals surface area contributed by atoms with Crippen molar-refractivity contribution in [1.29, 1.82) is 5.26 Å². The van der Waals surface area contributed by atoms with Crippen molar-refractivity contribution in [3.8, 4) is 6.07 Å². The van der Waals surface area contributed by atoms with Gasteiger partial charge in [0.2, 0.25) is 0 Å². The molecule has 0 amide bonds. The Bertz CT molecular complexity index is 402. The van der Waals surface area contributed by atoms with Crippen LogP contribution in [0.1, 0.15) is 11.1 Å². The quantitative estimate of drug-likeness (QED) is 0.724. The molecule has 0 fully saturated rings. The molecule has 0 unspecified atom stereocenters. The van der Waals surface area contributed by atoms with Gasteiger partial charge in [-0.1, -0.05) is 28.6 Å². The number of nitrogens with zero attached hydrogens (tertiary/aromatic N) is 2. The van der Waals surface area contributed by atoms with Gasteiger partial charge in [-0.3, -0.25) is 4.99 Å². The molecule has 0 saturated heterocycles. The van der Waals surface area contributed by atoms with Gasteiger partial charge in [0.15, 0.2) is 0 Å². The summed E-state index contributed by atoms with van der Waals surface area (Å²) in [6.45, 7) is 7.07. The Labute approximate surface area is 85.4 Å². The molecular formula is C10H7BrN2. The van der Waals surface area contributed by atoms with E-state index in [1.807, 2.05) is 6.07 Å². The average molecular weight is 235 g/mol. The molecule has 0 aliphatic carbocycles. The number of halogens is 1. The maximum Gasteiger partial charge on any atom is 0.101 e. The topological polar surface area (TPSA) is 36.1 Å². The van der Waals surface area contributed by atoms with Gasteiger partial charge in [-0.15, -0.1) is 0 Å². The fourth-order valence-electron chi connectivity index (χ4n) is 1.04. The van der Waals surface area contributed by atoms with Gasteiger partial charge in [0, 0.05) is 10.0 Å². The molecule has 3 heteroatoms. The minimum absolute atomic E-state index is 0.508. The second kappa shape index (κ2) is 4.01. The highest BCUT2D eigenvalue weighted by Crippen LogP contribution is 2.31. The summed E-state index contributed by atoms with van der Waals surface area (Å²) >= 11 is 3.34. The van der Waals surface area contributed by atoms with Crippen LogP contribution in [-0.4, -0.2) is 6.72 Å². The monoisotopic (exact) mass is 234 g/mol. The van der Waals surface area contributed by atoms with Gasteiger partial charge in [-0.2, -0.15) is 5.26 Å². The Balaban J connectivity index is 3.56. The Morgan fingerprint density at radius 2 is 2.23 bits per heavy atom. The van der Waals surface area contributed by atoms with E-state index >= 15 is 0 Å². The molecule has 2 nitrogen and oxygen atoms in total. The number of hydrogen-bond donors (Lipinski definition) is 0. The Morgan fingerprint density at radius 1 is 1.54 bits per heavy atom. The maximum absolute atomic E-state index is 8.77. The van der Waals surface area contributed by atoms with Gasteiger partial charge in [0.1, 0.15) is 6.07 Å². The van der Waals surface area contributed by atoms with Gasteiger partial charge in [0.25, 0.3) is 0 Å².